The molecule has 0 saturated heterocycles. The fraction of sp³-hybridized carbons (Fsp3) is 0.333. The standard InChI is InChI=1S/C21H23NO3S/c1-15-6-4-7-16(12-15)13-18(19-10-5-11-26-19)21(24)25-14-20(23)22-17-8-2-3-9-17/h4-7,10-13,17H,2-3,8-9,14H2,1H3,(H,22,23)/b18-13+. The molecule has 0 atom stereocenters. The van der Waals surface area contributed by atoms with Crippen LogP contribution >= 0.6 is 11.3 Å². The Morgan fingerprint density at radius 1 is 1.23 bits per heavy atom. The summed E-state index contributed by atoms with van der Waals surface area (Å²) in [5.41, 5.74) is 2.52. The van der Waals surface area contributed by atoms with Crippen LogP contribution in [-0.2, 0) is 14.3 Å². The number of ether oxygens (including phenoxy) is 1. The van der Waals surface area contributed by atoms with Crippen molar-refractivity contribution in [2.75, 3.05) is 6.61 Å². The number of hydrogen-bond acceptors (Lipinski definition) is 4. The largest absolute Gasteiger partial charge is 0.452 e. The molecule has 0 bridgehead atoms. The van der Waals surface area contributed by atoms with Crippen LogP contribution in [0.25, 0.3) is 11.6 Å². The lowest BCUT2D eigenvalue weighted by atomic mass is 10.1. The third kappa shape index (κ3) is 5.05. The molecule has 26 heavy (non-hydrogen) atoms. The maximum atomic E-state index is 12.6. The molecule has 1 N–H and O–H groups in total. The summed E-state index contributed by atoms with van der Waals surface area (Å²) in [7, 11) is 0. The van der Waals surface area contributed by atoms with Crippen molar-refractivity contribution >= 4 is 34.9 Å². The number of rotatable bonds is 6. The van der Waals surface area contributed by atoms with Gasteiger partial charge in [0.15, 0.2) is 6.61 Å². The molecule has 2 aromatic rings. The average Bonchev–Trinajstić information content (AvgIpc) is 3.31. The summed E-state index contributed by atoms with van der Waals surface area (Å²) in [5, 5.41) is 4.85. The van der Waals surface area contributed by atoms with Gasteiger partial charge in [0.1, 0.15) is 0 Å². The van der Waals surface area contributed by atoms with E-state index in [2.05, 4.69) is 5.32 Å². The van der Waals surface area contributed by atoms with E-state index in [0.29, 0.717) is 5.57 Å². The molecule has 3 rings (SSSR count). The number of thiophene rings is 1. The fourth-order valence-electron chi connectivity index (χ4n) is 3.14. The summed E-state index contributed by atoms with van der Waals surface area (Å²) >= 11 is 1.47. The second kappa shape index (κ2) is 8.81. The van der Waals surface area contributed by atoms with Crippen LogP contribution in [0.1, 0.15) is 41.7 Å². The lowest BCUT2D eigenvalue weighted by molar-refractivity contribution is -0.143. The first-order chi connectivity index (χ1) is 12.6. The molecule has 1 amide bonds. The van der Waals surface area contributed by atoms with Crippen LogP contribution < -0.4 is 5.32 Å². The van der Waals surface area contributed by atoms with Crippen LogP contribution in [-0.4, -0.2) is 24.5 Å². The van der Waals surface area contributed by atoms with Crippen molar-refractivity contribution in [3.63, 3.8) is 0 Å². The third-order valence-corrected chi connectivity index (χ3v) is 5.32. The van der Waals surface area contributed by atoms with Crippen molar-refractivity contribution in [1.29, 1.82) is 0 Å². The van der Waals surface area contributed by atoms with Gasteiger partial charge in [-0.25, -0.2) is 4.79 Å². The van der Waals surface area contributed by atoms with Crippen molar-refractivity contribution in [2.24, 2.45) is 0 Å². The number of nitrogens with one attached hydrogen (secondary N) is 1. The number of carbonyl (C=O) groups excluding carboxylic acids is 2. The van der Waals surface area contributed by atoms with Crippen molar-refractivity contribution in [2.45, 2.75) is 38.6 Å². The Morgan fingerprint density at radius 2 is 2.04 bits per heavy atom. The van der Waals surface area contributed by atoms with Crippen LogP contribution in [0.2, 0.25) is 0 Å². The molecule has 0 aliphatic heterocycles. The summed E-state index contributed by atoms with van der Waals surface area (Å²) in [5.74, 6) is -0.707. The van der Waals surface area contributed by atoms with Crippen molar-refractivity contribution < 1.29 is 14.3 Å². The van der Waals surface area contributed by atoms with E-state index in [4.69, 9.17) is 4.74 Å². The number of carbonyl (C=O) groups is 2. The highest BCUT2D eigenvalue weighted by Gasteiger charge is 2.20. The quantitative estimate of drug-likeness (QED) is 0.613. The Balaban J connectivity index is 1.68. The van der Waals surface area contributed by atoms with E-state index in [0.717, 1.165) is 41.7 Å². The minimum absolute atomic E-state index is 0.223. The highest BCUT2D eigenvalue weighted by molar-refractivity contribution is 7.11. The monoisotopic (exact) mass is 369 g/mol. The summed E-state index contributed by atoms with van der Waals surface area (Å²) in [6.07, 6.45) is 6.12. The molecule has 1 saturated carbocycles. The number of amides is 1. The second-order valence-electron chi connectivity index (χ2n) is 6.57. The van der Waals surface area contributed by atoms with Gasteiger partial charge in [0.25, 0.3) is 5.91 Å². The minimum atomic E-state index is -0.476. The molecular formula is C21H23NO3S. The van der Waals surface area contributed by atoms with Gasteiger partial charge in [0.05, 0.1) is 5.57 Å². The molecule has 1 fully saturated rings. The Bertz CT molecular complexity index is 789. The van der Waals surface area contributed by atoms with Gasteiger partial charge in [0, 0.05) is 10.9 Å². The molecule has 136 valence electrons. The minimum Gasteiger partial charge on any atom is -0.452 e. The molecule has 1 aromatic carbocycles. The predicted molar refractivity (Wildman–Crippen MR) is 105 cm³/mol. The average molecular weight is 369 g/mol. The smallest absolute Gasteiger partial charge is 0.340 e. The predicted octanol–water partition coefficient (Wildman–Crippen LogP) is 4.20. The van der Waals surface area contributed by atoms with Gasteiger partial charge in [-0.2, -0.15) is 0 Å². The first-order valence-corrected chi connectivity index (χ1v) is 9.78. The van der Waals surface area contributed by atoms with E-state index in [1.54, 1.807) is 0 Å². The van der Waals surface area contributed by atoms with E-state index in [-0.39, 0.29) is 18.6 Å². The van der Waals surface area contributed by atoms with Crippen molar-refractivity contribution in [3.8, 4) is 0 Å². The number of benzene rings is 1. The van der Waals surface area contributed by atoms with Gasteiger partial charge < -0.3 is 10.1 Å². The Kier molecular flexibility index (Phi) is 6.23. The maximum Gasteiger partial charge on any atom is 0.340 e. The molecule has 0 radical (unpaired) electrons. The molecule has 5 heteroatoms. The topological polar surface area (TPSA) is 55.4 Å². The highest BCUT2D eigenvalue weighted by atomic mass is 32.1. The van der Waals surface area contributed by atoms with E-state index >= 15 is 0 Å². The normalized spacial score (nSPS) is 15.0. The Labute approximate surface area is 157 Å². The van der Waals surface area contributed by atoms with Crippen LogP contribution in [0, 0.1) is 6.92 Å². The van der Waals surface area contributed by atoms with Crippen LogP contribution in [0.15, 0.2) is 41.8 Å². The summed E-state index contributed by atoms with van der Waals surface area (Å²) in [4.78, 5) is 25.4. The van der Waals surface area contributed by atoms with Crippen LogP contribution in [0.4, 0.5) is 0 Å². The van der Waals surface area contributed by atoms with E-state index in [1.807, 2.05) is 54.8 Å². The fourth-order valence-corrected chi connectivity index (χ4v) is 3.87. The van der Waals surface area contributed by atoms with Gasteiger partial charge in [-0.05, 0) is 42.9 Å². The zero-order valence-corrected chi connectivity index (χ0v) is 15.7. The van der Waals surface area contributed by atoms with Crippen molar-refractivity contribution in [3.05, 3.63) is 57.8 Å². The number of esters is 1. The van der Waals surface area contributed by atoms with Crippen LogP contribution in [0.5, 0.6) is 0 Å². The molecule has 0 unspecified atom stereocenters. The first kappa shape index (κ1) is 18.4. The third-order valence-electron chi connectivity index (χ3n) is 4.41. The first-order valence-electron chi connectivity index (χ1n) is 8.90. The van der Waals surface area contributed by atoms with Gasteiger partial charge >= 0.3 is 5.97 Å². The number of hydrogen-bond donors (Lipinski definition) is 1. The highest BCUT2D eigenvalue weighted by Crippen LogP contribution is 2.24. The van der Waals surface area contributed by atoms with E-state index in [9.17, 15) is 9.59 Å². The number of aryl methyl sites for hydroxylation is 1. The lowest BCUT2D eigenvalue weighted by Gasteiger charge is -2.12. The molecule has 1 aromatic heterocycles. The molecule has 1 heterocycles. The zero-order valence-electron chi connectivity index (χ0n) is 14.9. The van der Waals surface area contributed by atoms with E-state index in [1.165, 1.54) is 11.3 Å². The van der Waals surface area contributed by atoms with Crippen molar-refractivity contribution in [1.82, 2.24) is 5.32 Å². The molecular weight excluding hydrogens is 346 g/mol. The van der Waals surface area contributed by atoms with Gasteiger partial charge in [-0.3, -0.25) is 4.79 Å². The Morgan fingerprint density at radius 3 is 2.73 bits per heavy atom. The molecule has 0 spiro atoms. The lowest BCUT2D eigenvalue weighted by Crippen LogP contribution is -2.35. The van der Waals surface area contributed by atoms with Crippen LogP contribution in [0.3, 0.4) is 0 Å². The molecule has 4 nitrogen and oxygen atoms in total. The van der Waals surface area contributed by atoms with E-state index < -0.39 is 5.97 Å². The van der Waals surface area contributed by atoms with Gasteiger partial charge in [-0.15, -0.1) is 11.3 Å². The van der Waals surface area contributed by atoms with Gasteiger partial charge in [-0.1, -0.05) is 48.7 Å². The second-order valence-corrected chi connectivity index (χ2v) is 7.52. The molecule has 1 aliphatic carbocycles. The zero-order chi connectivity index (χ0) is 18.4. The SMILES string of the molecule is Cc1cccc(/C=C(/C(=O)OCC(=O)NC2CCCC2)c2cccs2)c1. The summed E-state index contributed by atoms with van der Waals surface area (Å²) in [6.45, 7) is 1.76. The Hall–Kier alpha value is -2.40. The summed E-state index contributed by atoms with van der Waals surface area (Å²) in [6, 6.07) is 11.9. The molecule has 1 aliphatic rings. The maximum absolute atomic E-state index is 12.6. The summed E-state index contributed by atoms with van der Waals surface area (Å²) < 4.78 is 5.29. The van der Waals surface area contributed by atoms with Gasteiger partial charge in [0.2, 0.25) is 0 Å².